The molecule has 7 heavy (non-hydrogen) atoms. The zero-order valence-corrected chi connectivity index (χ0v) is 8.00. The summed E-state index contributed by atoms with van der Waals surface area (Å²) in [6.07, 6.45) is 0. The fourth-order valence-electron chi connectivity index (χ4n) is 0.142. The molecule has 0 aliphatic carbocycles. The Hall–Kier alpha value is 0.973. The molecule has 0 aromatic heterocycles. The van der Waals surface area contributed by atoms with Gasteiger partial charge < -0.3 is 0 Å². The van der Waals surface area contributed by atoms with Crippen molar-refractivity contribution in [2.45, 2.75) is 6.92 Å². The van der Waals surface area contributed by atoms with Gasteiger partial charge in [0.15, 0.2) is 0 Å². The molecule has 0 rings (SSSR count). The third-order valence-corrected chi connectivity index (χ3v) is 2.86. The predicted molar refractivity (Wildman–Crippen MR) is 36.8 cm³/mol. The average molecular weight is 218 g/mol. The summed E-state index contributed by atoms with van der Waals surface area (Å²) in [4.78, 5) is 0. The number of hydrogen-bond donors (Lipinski definition) is 0. The first-order chi connectivity index (χ1) is 3.06. The van der Waals surface area contributed by atoms with Gasteiger partial charge in [-0.25, -0.2) is 0 Å². The van der Waals surface area contributed by atoms with Crippen LogP contribution in [0.15, 0.2) is 0 Å². The molecule has 0 nitrogen and oxygen atoms in total. The molecular formula is C3H3Cl3Ge. The van der Waals surface area contributed by atoms with Gasteiger partial charge >= 0.3 is 58.1 Å². The van der Waals surface area contributed by atoms with Gasteiger partial charge in [0.25, 0.3) is 0 Å². The summed E-state index contributed by atoms with van der Waals surface area (Å²) < 4.78 is 2.52. The second-order valence-electron chi connectivity index (χ2n) is 0.873. The molecule has 0 spiro atoms. The molecule has 0 aromatic carbocycles. The van der Waals surface area contributed by atoms with Crippen LogP contribution in [0.25, 0.3) is 0 Å². The summed E-state index contributed by atoms with van der Waals surface area (Å²) in [5, 5.41) is 0. The first-order valence-electron chi connectivity index (χ1n) is 1.57. The van der Waals surface area contributed by atoms with E-state index in [1.165, 1.54) is 0 Å². The topological polar surface area (TPSA) is 0 Å². The third-order valence-electron chi connectivity index (χ3n) is 0.267. The monoisotopic (exact) mass is 218 g/mol. The SMILES string of the molecule is CC#[C][Ge]([Cl])([Cl])[Cl]. The molecule has 0 saturated heterocycles. The second kappa shape index (κ2) is 3.09. The Morgan fingerprint density at radius 3 is 1.71 bits per heavy atom. The molecular weight excluding hydrogens is 215 g/mol. The number of rotatable bonds is 0. The summed E-state index contributed by atoms with van der Waals surface area (Å²) in [7, 11) is 13.1. The molecule has 0 aromatic rings. The molecule has 0 radical (unpaired) electrons. The van der Waals surface area contributed by atoms with Crippen molar-refractivity contribution < 1.29 is 0 Å². The van der Waals surface area contributed by atoms with E-state index in [1.807, 2.05) is 0 Å². The van der Waals surface area contributed by atoms with Crippen LogP contribution in [0.1, 0.15) is 6.92 Å². The first-order valence-corrected chi connectivity index (χ1v) is 10.9. The van der Waals surface area contributed by atoms with Crippen LogP contribution in [0.5, 0.6) is 0 Å². The predicted octanol–water partition coefficient (Wildman–Crippen LogP) is 2.20. The van der Waals surface area contributed by atoms with Crippen molar-refractivity contribution in [2.75, 3.05) is 0 Å². The van der Waals surface area contributed by atoms with E-state index >= 15 is 0 Å². The zero-order chi connectivity index (χ0) is 5.91. The van der Waals surface area contributed by atoms with Crippen molar-refractivity contribution in [2.24, 2.45) is 0 Å². The van der Waals surface area contributed by atoms with Crippen LogP contribution < -0.4 is 0 Å². The maximum absolute atomic E-state index is 5.38. The summed E-state index contributed by atoms with van der Waals surface area (Å²) in [5.74, 6) is 2.55. The number of hydrogen-bond acceptors (Lipinski definition) is 0. The molecule has 0 unspecified atom stereocenters. The first kappa shape index (κ1) is 7.97. The van der Waals surface area contributed by atoms with Gasteiger partial charge in [-0.05, 0) is 0 Å². The molecule has 4 heteroatoms. The quantitative estimate of drug-likeness (QED) is 0.432. The molecule has 40 valence electrons. The van der Waals surface area contributed by atoms with Crippen molar-refractivity contribution in [3.8, 4) is 10.7 Å². The summed E-state index contributed by atoms with van der Waals surface area (Å²) >= 11 is 0. The van der Waals surface area contributed by atoms with Crippen LogP contribution in [0.4, 0.5) is 0 Å². The Morgan fingerprint density at radius 1 is 1.29 bits per heavy atom. The van der Waals surface area contributed by atoms with Crippen molar-refractivity contribution in [1.82, 2.24) is 0 Å². The van der Waals surface area contributed by atoms with Gasteiger partial charge in [0.05, 0.1) is 0 Å². The Morgan fingerprint density at radius 2 is 1.71 bits per heavy atom. The molecule has 0 saturated carbocycles. The molecule has 0 atom stereocenters. The molecule has 0 bridgehead atoms. The molecule has 0 amide bonds. The minimum atomic E-state index is -3.02. The van der Waals surface area contributed by atoms with Crippen molar-refractivity contribution >= 4 is 40.5 Å². The summed E-state index contributed by atoms with van der Waals surface area (Å²) in [6, 6.07) is 0. The van der Waals surface area contributed by atoms with E-state index in [1.54, 1.807) is 6.92 Å². The van der Waals surface area contributed by atoms with Gasteiger partial charge in [0, 0.05) is 0 Å². The molecule has 0 fully saturated rings. The Bertz CT molecular complexity index is 104. The van der Waals surface area contributed by atoms with Crippen LogP contribution in [0, 0.1) is 10.7 Å². The molecule has 0 aliphatic rings. The zero-order valence-electron chi connectivity index (χ0n) is 3.63. The van der Waals surface area contributed by atoms with Gasteiger partial charge in [-0.1, -0.05) is 0 Å². The van der Waals surface area contributed by atoms with E-state index in [4.69, 9.17) is 30.0 Å². The molecule has 0 aliphatic heterocycles. The van der Waals surface area contributed by atoms with Gasteiger partial charge in [-0.2, -0.15) is 0 Å². The van der Waals surface area contributed by atoms with Crippen molar-refractivity contribution in [3.63, 3.8) is 0 Å². The van der Waals surface area contributed by atoms with E-state index in [-0.39, 0.29) is 0 Å². The van der Waals surface area contributed by atoms with Crippen molar-refractivity contribution in [1.29, 1.82) is 0 Å². The number of halogens is 3. The van der Waals surface area contributed by atoms with Crippen LogP contribution in [-0.4, -0.2) is 10.5 Å². The van der Waals surface area contributed by atoms with Crippen LogP contribution in [0.3, 0.4) is 0 Å². The van der Waals surface area contributed by atoms with Gasteiger partial charge in [0.1, 0.15) is 0 Å². The van der Waals surface area contributed by atoms with E-state index < -0.39 is 10.5 Å². The minimum absolute atomic E-state index is 1.66. The Balaban J connectivity index is 3.72. The van der Waals surface area contributed by atoms with E-state index in [9.17, 15) is 0 Å². The maximum atomic E-state index is 5.38. The van der Waals surface area contributed by atoms with Crippen LogP contribution in [-0.2, 0) is 0 Å². The van der Waals surface area contributed by atoms with Gasteiger partial charge in [-0.15, -0.1) is 0 Å². The summed E-state index contributed by atoms with van der Waals surface area (Å²) in [6.45, 7) is 1.66. The fraction of sp³-hybridized carbons (Fsp3) is 0.333. The molecule has 0 heterocycles. The molecule has 0 N–H and O–H groups in total. The Kier molecular flexibility index (Phi) is 3.52. The van der Waals surface area contributed by atoms with Gasteiger partial charge in [-0.3, -0.25) is 0 Å². The van der Waals surface area contributed by atoms with Gasteiger partial charge in [0.2, 0.25) is 0 Å². The van der Waals surface area contributed by atoms with Crippen LogP contribution in [0.2, 0.25) is 0 Å². The van der Waals surface area contributed by atoms with E-state index in [0.29, 0.717) is 0 Å². The summed E-state index contributed by atoms with van der Waals surface area (Å²) in [5.41, 5.74) is 0. The van der Waals surface area contributed by atoms with Crippen LogP contribution >= 0.6 is 30.0 Å². The fourth-order valence-corrected chi connectivity index (χ4v) is 2.21. The standard InChI is InChI=1S/C3H3Cl3Ge/c1-2-3-7(4,5)6/h1H3. The normalized spacial score (nSPS) is 9.71. The average Bonchev–Trinajstić information content (AvgIpc) is 1.30. The van der Waals surface area contributed by atoms with E-state index in [0.717, 1.165) is 0 Å². The van der Waals surface area contributed by atoms with E-state index in [2.05, 4.69) is 10.7 Å². The van der Waals surface area contributed by atoms with Crippen molar-refractivity contribution in [3.05, 3.63) is 0 Å². The Labute approximate surface area is 58.0 Å². The third kappa shape index (κ3) is 6.97. The second-order valence-corrected chi connectivity index (χ2v) is 15.3.